The van der Waals surface area contributed by atoms with Gasteiger partial charge in [-0.05, 0) is 28.1 Å². The number of carbonyl (C=O) groups is 1. The van der Waals surface area contributed by atoms with Crippen molar-refractivity contribution in [3.8, 4) is 0 Å². The Morgan fingerprint density at radius 3 is 2.57 bits per heavy atom. The first-order valence-corrected chi connectivity index (χ1v) is 10.7. The molecule has 118 valence electrons. The van der Waals surface area contributed by atoms with Gasteiger partial charge in [-0.15, -0.1) is 0 Å². The number of rotatable bonds is 6. The lowest BCUT2D eigenvalue weighted by Gasteiger charge is -2.08. The van der Waals surface area contributed by atoms with Crippen LogP contribution in [0.15, 0.2) is 21.5 Å². The topological polar surface area (TPSA) is 80.3 Å². The van der Waals surface area contributed by atoms with Crippen LogP contribution in [0.2, 0.25) is 5.02 Å². The molecule has 0 aromatic heterocycles. The Morgan fingerprint density at radius 2 is 2.05 bits per heavy atom. The van der Waals surface area contributed by atoms with E-state index in [1.54, 1.807) is 6.92 Å². The third-order valence-corrected chi connectivity index (χ3v) is 6.75. The largest absolute Gasteiger partial charge is 0.351 e. The molecule has 10 heteroatoms. The highest BCUT2D eigenvalue weighted by molar-refractivity contribution is 9.10. The molecule has 1 unspecified atom stereocenters. The van der Waals surface area contributed by atoms with Gasteiger partial charge in [-0.1, -0.05) is 18.5 Å². The molecule has 0 aliphatic carbocycles. The summed E-state index contributed by atoms with van der Waals surface area (Å²) >= 11 is 8.89. The first-order valence-electron chi connectivity index (χ1n) is 5.73. The molecule has 0 saturated carbocycles. The van der Waals surface area contributed by atoms with E-state index < -0.39 is 25.8 Å². The minimum Gasteiger partial charge on any atom is -0.351 e. The first-order chi connectivity index (χ1) is 9.66. The van der Waals surface area contributed by atoms with Gasteiger partial charge in [0.2, 0.25) is 0 Å². The number of hydrogen-bond donors (Lipinski definition) is 1. The van der Waals surface area contributed by atoms with E-state index in [9.17, 15) is 17.4 Å². The van der Waals surface area contributed by atoms with Gasteiger partial charge in [0.05, 0.1) is 14.4 Å². The van der Waals surface area contributed by atoms with Crippen molar-refractivity contribution in [1.82, 2.24) is 5.32 Å². The van der Waals surface area contributed by atoms with Crippen molar-refractivity contribution < 1.29 is 17.4 Å². The van der Waals surface area contributed by atoms with Crippen LogP contribution in [0, 0.1) is 0 Å². The van der Waals surface area contributed by atoms with Crippen molar-refractivity contribution in [3.05, 3.63) is 27.2 Å². The van der Waals surface area contributed by atoms with Crippen LogP contribution in [-0.2, 0) is 19.9 Å². The monoisotopic (exact) mass is 435 g/mol. The number of amides is 1. The number of halogens is 3. The van der Waals surface area contributed by atoms with Crippen LogP contribution in [0.3, 0.4) is 0 Å². The fourth-order valence-electron chi connectivity index (χ4n) is 1.40. The van der Waals surface area contributed by atoms with E-state index >= 15 is 0 Å². The lowest BCUT2D eigenvalue weighted by atomic mass is 10.2. The molecule has 0 fully saturated rings. The molecule has 1 aromatic rings. The van der Waals surface area contributed by atoms with Crippen molar-refractivity contribution in [2.75, 3.05) is 18.1 Å². The van der Waals surface area contributed by atoms with Gasteiger partial charge in [0.15, 0.2) is 0 Å². The quantitative estimate of drug-likeness (QED) is 0.694. The Bertz CT molecular complexity index is 679. The molecule has 0 aliphatic heterocycles. The molecular weight excluding hydrogens is 425 g/mol. The third kappa shape index (κ3) is 5.52. The number of benzene rings is 1. The van der Waals surface area contributed by atoms with Crippen LogP contribution in [0.25, 0.3) is 0 Å². The Labute approximate surface area is 143 Å². The Morgan fingerprint density at radius 1 is 1.43 bits per heavy atom. The molecule has 0 aliphatic rings. The third-order valence-electron chi connectivity index (χ3n) is 2.46. The highest BCUT2D eigenvalue weighted by atomic mass is 79.9. The molecule has 0 spiro atoms. The molecule has 5 nitrogen and oxygen atoms in total. The first kappa shape index (κ1) is 18.9. The van der Waals surface area contributed by atoms with Crippen molar-refractivity contribution in [2.45, 2.75) is 11.8 Å². The molecule has 1 aromatic carbocycles. The molecule has 0 bridgehead atoms. The lowest BCUT2D eigenvalue weighted by molar-refractivity contribution is 0.0956. The number of nitrogens with one attached hydrogen (secondary N) is 1. The summed E-state index contributed by atoms with van der Waals surface area (Å²) in [6.07, 6.45) is 0. The molecule has 1 atom stereocenters. The van der Waals surface area contributed by atoms with Crippen molar-refractivity contribution >= 4 is 64.0 Å². The predicted molar refractivity (Wildman–Crippen MR) is 88.1 cm³/mol. The molecule has 1 N–H and O–H groups in total. The molecule has 1 rings (SSSR count). The van der Waals surface area contributed by atoms with Crippen LogP contribution >= 0.6 is 38.2 Å². The maximum atomic E-state index is 11.9. The zero-order valence-corrected chi connectivity index (χ0v) is 15.6. The van der Waals surface area contributed by atoms with Crippen LogP contribution in [0.5, 0.6) is 0 Å². The standard InChI is InChI=1S/C11H12BrCl2NO4S2/c1-2-20(17)4-3-15-11(16)7-5-8(13)10(12)9(6-7)21(14,18)19/h5-6H,2-4H2,1H3,(H,15,16). The second kappa shape index (κ2) is 7.92. The van der Waals surface area contributed by atoms with Crippen LogP contribution in [0.4, 0.5) is 0 Å². The molecule has 0 saturated heterocycles. The van der Waals surface area contributed by atoms with Crippen LogP contribution in [0.1, 0.15) is 17.3 Å². The Kier molecular flexibility index (Phi) is 7.12. The number of hydrogen-bond acceptors (Lipinski definition) is 4. The van der Waals surface area contributed by atoms with Gasteiger partial charge in [0.1, 0.15) is 0 Å². The van der Waals surface area contributed by atoms with Gasteiger partial charge in [0, 0.05) is 45.1 Å². The molecule has 0 radical (unpaired) electrons. The lowest BCUT2D eigenvalue weighted by Crippen LogP contribution is -2.28. The zero-order chi connectivity index (χ0) is 16.2. The minimum absolute atomic E-state index is 0.0546. The fraction of sp³-hybridized carbons (Fsp3) is 0.364. The highest BCUT2D eigenvalue weighted by Gasteiger charge is 2.20. The van der Waals surface area contributed by atoms with Crippen LogP contribution in [-0.4, -0.2) is 36.6 Å². The normalized spacial score (nSPS) is 13.0. The summed E-state index contributed by atoms with van der Waals surface area (Å²) in [6.45, 7) is 2.00. The van der Waals surface area contributed by atoms with E-state index in [-0.39, 0.29) is 26.5 Å². The van der Waals surface area contributed by atoms with E-state index in [2.05, 4.69) is 21.2 Å². The summed E-state index contributed by atoms with van der Waals surface area (Å²) in [5, 5.41) is 2.60. The van der Waals surface area contributed by atoms with Gasteiger partial charge in [-0.3, -0.25) is 9.00 Å². The fourth-order valence-corrected chi connectivity index (χ4v) is 4.40. The van der Waals surface area contributed by atoms with Crippen LogP contribution < -0.4 is 5.32 Å². The van der Waals surface area contributed by atoms with Crippen molar-refractivity contribution in [3.63, 3.8) is 0 Å². The summed E-state index contributed by atoms with van der Waals surface area (Å²) in [5.74, 6) is 0.320. The van der Waals surface area contributed by atoms with Crippen molar-refractivity contribution in [1.29, 1.82) is 0 Å². The van der Waals surface area contributed by atoms with Gasteiger partial charge in [-0.25, -0.2) is 8.42 Å². The summed E-state index contributed by atoms with van der Waals surface area (Å²) in [7, 11) is 0.260. The maximum Gasteiger partial charge on any atom is 0.262 e. The minimum atomic E-state index is -4.04. The van der Waals surface area contributed by atoms with Gasteiger partial charge >= 0.3 is 0 Å². The van der Waals surface area contributed by atoms with Gasteiger partial charge in [-0.2, -0.15) is 0 Å². The SMILES string of the molecule is CCS(=O)CCNC(=O)c1cc(Cl)c(Br)c(S(=O)(=O)Cl)c1. The Hall–Kier alpha value is -0.150. The maximum absolute atomic E-state index is 11.9. The van der Waals surface area contributed by atoms with E-state index in [1.165, 1.54) is 6.07 Å². The van der Waals surface area contributed by atoms with E-state index in [4.69, 9.17) is 22.3 Å². The zero-order valence-electron chi connectivity index (χ0n) is 10.9. The molecule has 21 heavy (non-hydrogen) atoms. The van der Waals surface area contributed by atoms with E-state index in [0.29, 0.717) is 11.5 Å². The molecule has 1 amide bonds. The van der Waals surface area contributed by atoms with Gasteiger partial charge in [0.25, 0.3) is 15.0 Å². The Balaban J connectivity index is 2.96. The summed E-state index contributed by atoms with van der Waals surface area (Å²) < 4.78 is 34.2. The predicted octanol–water partition coefficient (Wildman–Crippen LogP) is 2.53. The highest BCUT2D eigenvalue weighted by Crippen LogP contribution is 2.33. The van der Waals surface area contributed by atoms with Gasteiger partial charge < -0.3 is 5.32 Å². The summed E-state index contributed by atoms with van der Waals surface area (Å²) in [4.78, 5) is 11.7. The summed E-state index contributed by atoms with van der Waals surface area (Å²) in [6, 6.07) is 2.45. The molecular formula is C11H12BrCl2NO4S2. The summed E-state index contributed by atoms with van der Waals surface area (Å²) in [5.41, 5.74) is 0.0599. The van der Waals surface area contributed by atoms with E-state index in [0.717, 1.165) is 6.07 Å². The molecule has 0 heterocycles. The van der Waals surface area contributed by atoms with Crippen molar-refractivity contribution in [2.24, 2.45) is 0 Å². The second-order valence-electron chi connectivity index (χ2n) is 3.90. The average molecular weight is 437 g/mol. The second-order valence-corrected chi connectivity index (χ2v) is 9.50. The number of carbonyl (C=O) groups excluding carboxylic acids is 1. The smallest absolute Gasteiger partial charge is 0.262 e. The average Bonchev–Trinajstić information content (AvgIpc) is 2.39. The van der Waals surface area contributed by atoms with E-state index in [1.807, 2.05) is 0 Å².